The minimum atomic E-state index is -3.94. The Morgan fingerprint density at radius 1 is 1.29 bits per heavy atom. The van der Waals surface area contributed by atoms with Crippen LogP contribution in [0.4, 0.5) is 4.39 Å². The zero-order chi connectivity index (χ0) is 27.8. The fourth-order valence-corrected chi connectivity index (χ4v) is 7.25. The van der Waals surface area contributed by atoms with E-state index in [1.54, 1.807) is 18.2 Å². The Balaban J connectivity index is 1.77. The maximum absolute atomic E-state index is 14.5. The van der Waals surface area contributed by atoms with E-state index >= 15 is 0 Å². The zero-order valence-corrected chi connectivity index (χ0v) is 23.1. The number of carbonyl (C=O) groups is 2. The number of rotatable bonds is 8. The second-order valence-corrected chi connectivity index (χ2v) is 12.4. The van der Waals surface area contributed by atoms with E-state index in [4.69, 9.17) is 4.74 Å². The molecule has 0 aliphatic carbocycles. The number of carboxylic acid groups (broad SMARTS) is 1. The zero-order valence-electron chi connectivity index (χ0n) is 21.5. The number of sulfonamides is 1. The van der Waals surface area contributed by atoms with Crippen molar-refractivity contribution in [2.75, 3.05) is 6.54 Å². The predicted molar refractivity (Wildman–Crippen MR) is 141 cm³/mol. The monoisotopic (exact) mass is 560 g/mol. The van der Waals surface area contributed by atoms with Crippen LogP contribution in [0.2, 0.25) is 0 Å². The van der Waals surface area contributed by atoms with Gasteiger partial charge in [0.05, 0.1) is 18.7 Å². The van der Waals surface area contributed by atoms with Gasteiger partial charge >= 0.3 is 5.97 Å². The molecule has 8 nitrogen and oxygen atoms in total. The van der Waals surface area contributed by atoms with E-state index in [1.807, 2.05) is 13.8 Å². The van der Waals surface area contributed by atoms with Crippen molar-refractivity contribution in [1.29, 1.82) is 0 Å². The van der Waals surface area contributed by atoms with Crippen molar-refractivity contribution in [3.05, 3.63) is 75.0 Å². The van der Waals surface area contributed by atoms with E-state index in [0.29, 0.717) is 22.4 Å². The summed E-state index contributed by atoms with van der Waals surface area (Å²) in [5, 5.41) is 9.83. The molecule has 3 heterocycles. The quantitative estimate of drug-likeness (QED) is 0.385. The average Bonchev–Trinajstić information content (AvgIpc) is 3.21. The number of aromatic nitrogens is 1. The summed E-state index contributed by atoms with van der Waals surface area (Å²) < 4.78 is 49.0. The lowest BCUT2D eigenvalue weighted by Gasteiger charge is -2.25. The molecule has 4 rings (SSSR count). The third-order valence-electron chi connectivity index (χ3n) is 6.82. The Morgan fingerprint density at radius 3 is 2.66 bits per heavy atom. The summed E-state index contributed by atoms with van der Waals surface area (Å²) in [6, 6.07) is 8.10. The van der Waals surface area contributed by atoms with E-state index in [0.717, 1.165) is 16.9 Å². The van der Waals surface area contributed by atoms with Gasteiger partial charge in [0.2, 0.25) is 10.0 Å². The lowest BCUT2D eigenvalue weighted by atomic mass is 9.84. The number of hydrogen-bond acceptors (Lipinski definition) is 7. The summed E-state index contributed by atoms with van der Waals surface area (Å²) in [5.41, 5.74) is 2.09. The Kier molecular flexibility index (Phi) is 8.01. The standard InChI is InChI=1S/C27H29FN2O6S2/c1-5-20-14-30(38(34,35)24-12-29-9-8-22(24)36-20)13-19-10-18(7-6-15(19)2)25(16(3)27(32)33)23-11-21(28)26(37-23)17(4)31/h6-12,16,20,25H,5,13-14H2,1-4H3,(H,32,33)/t16?,20-,25?/m1/s1. The summed E-state index contributed by atoms with van der Waals surface area (Å²) in [7, 11) is -3.94. The highest BCUT2D eigenvalue weighted by molar-refractivity contribution is 7.89. The first-order chi connectivity index (χ1) is 17.9. The SMILES string of the molecule is CC[C@@H]1CN(Cc2cc(C(c3cc(F)c(C(C)=O)s3)C(C)C(=O)O)ccc2C)S(=O)(=O)c2cnccc2O1. The molecular formula is C27H29FN2O6S2. The van der Waals surface area contributed by atoms with E-state index in [1.165, 1.54) is 42.7 Å². The van der Waals surface area contributed by atoms with Gasteiger partial charge in [-0.25, -0.2) is 12.8 Å². The highest BCUT2D eigenvalue weighted by Crippen LogP contribution is 2.39. The van der Waals surface area contributed by atoms with Crippen LogP contribution in [0.25, 0.3) is 0 Å². The number of ketones is 1. The maximum atomic E-state index is 14.5. The third kappa shape index (κ3) is 5.36. The number of ether oxygens (including phenoxy) is 1. The van der Waals surface area contributed by atoms with Gasteiger partial charge in [-0.3, -0.25) is 14.6 Å². The number of aryl methyl sites for hydroxylation is 1. The maximum Gasteiger partial charge on any atom is 0.307 e. The molecule has 11 heteroatoms. The smallest absolute Gasteiger partial charge is 0.307 e. The molecule has 3 aromatic rings. The van der Waals surface area contributed by atoms with E-state index in [2.05, 4.69) is 4.98 Å². The molecule has 2 aromatic heterocycles. The molecule has 0 fully saturated rings. The Hall–Kier alpha value is -3.15. The number of fused-ring (bicyclic) bond motifs is 1. The number of carboxylic acids is 1. The number of pyridine rings is 1. The minimum Gasteiger partial charge on any atom is -0.488 e. The van der Waals surface area contributed by atoms with Gasteiger partial charge in [0.25, 0.3) is 0 Å². The van der Waals surface area contributed by atoms with Gasteiger partial charge < -0.3 is 9.84 Å². The van der Waals surface area contributed by atoms with Crippen LogP contribution in [-0.4, -0.2) is 47.2 Å². The molecule has 0 spiro atoms. The molecule has 0 saturated heterocycles. The first-order valence-electron chi connectivity index (χ1n) is 12.2. The van der Waals surface area contributed by atoms with Crippen LogP contribution in [0.15, 0.2) is 47.6 Å². The van der Waals surface area contributed by atoms with E-state index < -0.39 is 39.4 Å². The van der Waals surface area contributed by atoms with Crippen molar-refractivity contribution >= 4 is 33.1 Å². The molecule has 0 amide bonds. The predicted octanol–water partition coefficient (Wildman–Crippen LogP) is 5.01. The average molecular weight is 561 g/mol. The van der Waals surface area contributed by atoms with E-state index in [9.17, 15) is 27.5 Å². The molecule has 1 aliphatic heterocycles. The van der Waals surface area contributed by atoms with Crippen LogP contribution in [0.3, 0.4) is 0 Å². The minimum absolute atomic E-state index is 0.00652. The third-order valence-corrected chi connectivity index (χ3v) is 9.94. The summed E-state index contributed by atoms with van der Waals surface area (Å²) in [6.07, 6.45) is 2.99. The van der Waals surface area contributed by atoms with Crippen molar-refractivity contribution in [3.8, 4) is 5.75 Å². The first-order valence-corrected chi connectivity index (χ1v) is 14.4. The lowest BCUT2D eigenvalue weighted by molar-refractivity contribution is -0.141. The Morgan fingerprint density at radius 2 is 2.03 bits per heavy atom. The van der Waals surface area contributed by atoms with Gasteiger partial charge in [0, 0.05) is 30.5 Å². The molecule has 0 bridgehead atoms. The number of carbonyl (C=O) groups excluding carboxylic acids is 1. The number of Topliss-reactive ketones (excluding diaryl/α,β-unsaturated/α-hetero) is 1. The summed E-state index contributed by atoms with van der Waals surface area (Å²) in [5.74, 6) is -3.59. The van der Waals surface area contributed by atoms with Crippen molar-refractivity contribution in [2.24, 2.45) is 5.92 Å². The summed E-state index contributed by atoms with van der Waals surface area (Å²) >= 11 is 0.942. The highest BCUT2D eigenvalue weighted by Gasteiger charge is 2.35. The summed E-state index contributed by atoms with van der Waals surface area (Å²) in [4.78, 5) is 28.2. The fourth-order valence-electron chi connectivity index (χ4n) is 4.57. The molecule has 202 valence electrons. The van der Waals surface area contributed by atoms with E-state index in [-0.39, 0.29) is 34.7 Å². The van der Waals surface area contributed by atoms with Gasteiger partial charge in [0.15, 0.2) is 5.78 Å². The second-order valence-electron chi connectivity index (χ2n) is 9.44. The molecule has 38 heavy (non-hydrogen) atoms. The number of halogens is 1. The van der Waals surface area contributed by atoms with Crippen LogP contribution < -0.4 is 4.74 Å². The van der Waals surface area contributed by atoms with Crippen molar-refractivity contribution in [3.63, 3.8) is 0 Å². The lowest BCUT2D eigenvalue weighted by Crippen LogP contribution is -2.36. The van der Waals surface area contributed by atoms with Crippen molar-refractivity contribution in [1.82, 2.24) is 9.29 Å². The van der Waals surface area contributed by atoms with Crippen LogP contribution >= 0.6 is 11.3 Å². The number of aliphatic carboxylic acids is 1. The van der Waals surface area contributed by atoms with Crippen LogP contribution in [-0.2, 0) is 21.4 Å². The van der Waals surface area contributed by atoms with Crippen LogP contribution in [0.5, 0.6) is 5.75 Å². The molecule has 1 aliphatic rings. The van der Waals surface area contributed by atoms with Gasteiger partial charge in [-0.15, -0.1) is 11.3 Å². The second kappa shape index (κ2) is 10.9. The Bertz CT molecular complexity index is 1490. The number of nitrogens with zero attached hydrogens (tertiary/aromatic N) is 2. The molecule has 3 atom stereocenters. The molecule has 1 aromatic carbocycles. The van der Waals surface area contributed by atoms with Crippen molar-refractivity contribution in [2.45, 2.75) is 57.6 Å². The van der Waals surface area contributed by atoms with Crippen LogP contribution in [0, 0.1) is 18.7 Å². The van der Waals surface area contributed by atoms with Crippen molar-refractivity contribution < 1.29 is 32.2 Å². The van der Waals surface area contributed by atoms with Gasteiger partial charge in [-0.05, 0) is 42.2 Å². The van der Waals surface area contributed by atoms with Gasteiger partial charge in [-0.2, -0.15) is 4.31 Å². The number of thiophene rings is 1. The normalized spacial score (nSPS) is 18.6. The van der Waals surface area contributed by atoms with Crippen LogP contribution in [0.1, 0.15) is 64.3 Å². The molecule has 0 saturated carbocycles. The van der Waals surface area contributed by atoms with Gasteiger partial charge in [-0.1, -0.05) is 32.0 Å². The topological polar surface area (TPSA) is 114 Å². The molecular weight excluding hydrogens is 531 g/mol. The number of hydrogen-bond donors (Lipinski definition) is 1. The highest BCUT2D eigenvalue weighted by atomic mass is 32.2. The molecule has 1 N–H and O–H groups in total. The molecule has 0 radical (unpaired) electrons. The van der Waals surface area contributed by atoms with Gasteiger partial charge in [0.1, 0.15) is 27.4 Å². The summed E-state index contributed by atoms with van der Waals surface area (Å²) in [6.45, 7) is 6.72. The fraction of sp³-hybridized carbons (Fsp3) is 0.370. The number of benzene rings is 1. The molecule has 2 unspecified atom stereocenters. The largest absolute Gasteiger partial charge is 0.488 e. The first kappa shape index (κ1) is 27.9. The Labute approximate surface area is 225 Å².